The maximum absolute atomic E-state index is 13.0. The first kappa shape index (κ1) is 22.1. The summed E-state index contributed by atoms with van der Waals surface area (Å²) in [6.45, 7) is -0.0436. The van der Waals surface area contributed by atoms with E-state index in [1.54, 1.807) is 30.3 Å². The third kappa shape index (κ3) is 4.43. The van der Waals surface area contributed by atoms with Gasteiger partial charge < -0.3 is 14.6 Å². The Morgan fingerprint density at radius 3 is 1.94 bits per heavy atom. The third-order valence-corrected chi connectivity index (χ3v) is 5.77. The highest BCUT2D eigenvalue weighted by molar-refractivity contribution is 5.93. The number of amides is 2. The molecule has 0 aromatic heterocycles. The zero-order chi connectivity index (χ0) is 23.4. The molecular weight excluding hydrogens is 422 g/mol. The summed E-state index contributed by atoms with van der Waals surface area (Å²) in [6, 6.07) is 23.0. The third-order valence-electron chi connectivity index (χ3n) is 5.77. The lowest BCUT2D eigenvalue weighted by atomic mass is 9.98. The fraction of sp³-hybridized carbons (Fsp3) is 0.192. The Morgan fingerprint density at radius 1 is 0.848 bits per heavy atom. The van der Waals surface area contributed by atoms with E-state index in [0.29, 0.717) is 10.5 Å². The van der Waals surface area contributed by atoms with Gasteiger partial charge in [0.1, 0.15) is 12.6 Å². The second-order valence-corrected chi connectivity index (χ2v) is 7.69. The molecule has 0 radical (unpaired) electrons. The predicted octanol–water partition coefficient (Wildman–Crippen LogP) is 4.70. The summed E-state index contributed by atoms with van der Waals surface area (Å²) in [7, 11) is 1.09. The van der Waals surface area contributed by atoms with Crippen LogP contribution >= 0.6 is 0 Å². The van der Waals surface area contributed by atoms with Crippen molar-refractivity contribution in [1.29, 1.82) is 0 Å². The summed E-state index contributed by atoms with van der Waals surface area (Å²) >= 11 is 0. The molecule has 0 heterocycles. The van der Waals surface area contributed by atoms with Crippen LogP contribution in [0.2, 0.25) is 0 Å². The SMILES string of the molecule is COC(=O)N(C(=O)OCC1c2ccccc2-c2ccccc21)C(Cc1ccccc1)C(=O)O. The van der Waals surface area contributed by atoms with Crippen LogP contribution < -0.4 is 0 Å². The molecule has 1 aliphatic rings. The van der Waals surface area contributed by atoms with E-state index in [1.165, 1.54) is 0 Å². The molecule has 1 unspecified atom stereocenters. The number of hydrogen-bond donors (Lipinski definition) is 1. The summed E-state index contributed by atoms with van der Waals surface area (Å²) in [5.41, 5.74) is 4.80. The van der Waals surface area contributed by atoms with E-state index < -0.39 is 24.2 Å². The van der Waals surface area contributed by atoms with E-state index in [2.05, 4.69) is 0 Å². The Labute approximate surface area is 191 Å². The van der Waals surface area contributed by atoms with Crippen LogP contribution in [-0.4, -0.2) is 47.9 Å². The molecule has 1 N–H and O–H groups in total. The van der Waals surface area contributed by atoms with Gasteiger partial charge in [-0.2, -0.15) is 4.90 Å². The number of methoxy groups -OCH3 is 1. The number of ether oxygens (including phenoxy) is 2. The minimum absolute atomic E-state index is 0.0436. The Hall–Kier alpha value is -4.13. The number of carboxylic acid groups (broad SMARTS) is 1. The molecule has 2 amide bonds. The maximum Gasteiger partial charge on any atom is 0.420 e. The van der Waals surface area contributed by atoms with Crippen molar-refractivity contribution in [3.8, 4) is 11.1 Å². The van der Waals surface area contributed by atoms with Gasteiger partial charge in [0, 0.05) is 12.3 Å². The zero-order valence-corrected chi connectivity index (χ0v) is 18.0. The van der Waals surface area contributed by atoms with E-state index >= 15 is 0 Å². The first-order valence-electron chi connectivity index (χ1n) is 10.5. The number of benzene rings is 3. The number of carbonyl (C=O) groups excluding carboxylic acids is 2. The zero-order valence-electron chi connectivity index (χ0n) is 18.0. The topological polar surface area (TPSA) is 93.1 Å². The normalized spacial score (nSPS) is 12.9. The Morgan fingerprint density at radius 2 is 1.39 bits per heavy atom. The molecule has 7 nitrogen and oxygen atoms in total. The Kier molecular flexibility index (Phi) is 6.40. The predicted molar refractivity (Wildman–Crippen MR) is 121 cm³/mol. The minimum Gasteiger partial charge on any atom is -0.480 e. The van der Waals surface area contributed by atoms with Crippen LogP contribution in [0.5, 0.6) is 0 Å². The molecule has 1 aliphatic carbocycles. The largest absolute Gasteiger partial charge is 0.480 e. The van der Waals surface area contributed by atoms with Gasteiger partial charge >= 0.3 is 18.2 Å². The lowest BCUT2D eigenvalue weighted by Crippen LogP contribution is -2.50. The smallest absolute Gasteiger partial charge is 0.420 e. The average molecular weight is 445 g/mol. The maximum atomic E-state index is 13.0. The number of imide groups is 1. The number of carboxylic acids is 1. The molecule has 168 valence electrons. The molecule has 0 saturated heterocycles. The number of hydrogen-bond acceptors (Lipinski definition) is 5. The van der Waals surface area contributed by atoms with Gasteiger partial charge in [-0.25, -0.2) is 14.4 Å². The Bertz CT molecular complexity index is 1130. The van der Waals surface area contributed by atoms with E-state index in [0.717, 1.165) is 29.4 Å². The van der Waals surface area contributed by atoms with Crippen molar-refractivity contribution in [3.63, 3.8) is 0 Å². The molecular formula is C26H23NO6. The Balaban J connectivity index is 1.57. The second-order valence-electron chi connectivity index (χ2n) is 7.69. The summed E-state index contributed by atoms with van der Waals surface area (Å²) in [5, 5.41) is 9.78. The van der Waals surface area contributed by atoms with Crippen LogP contribution in [0.4, 0.5) is 9.59 Å². The van der Waals surface area contributed by atoms with Gasteiger partial charge in [0.2, 0.25) is 0 Å². The average Bonchev–Trinajstić information content (AvgIpc) is 3.16. The molecule has 33 heavy (non-hydrogen) atoms. The van der Waals surface area contributed by atoms with Crippen molar-refractivity contribution >= 4 is 18.2 Å². The van der Waals surface area contributed by atoms with Gasteiger partial charge in [-0.1, -0.05) is 78.9 Å². The molecule has 4 rings (SSSR count). The van der Waals surface area contributed by atoms with Crippen molar-refractivity contribution < 1.29 is 29.0 Å². The van der Waals surface area contributed by atoms with Crippen LogP contribution in [0.15, 0.2) is 78.9 Å². The van der Waals surface area contributed by atoms with Crippen molar-refractivity contribution in [2.24, 2.45) is 0 Å². The van der Waals surface area contributed by atoms with E-state index in [-0.39, 0.29) is 18.9 Å². The quantitative estimate of drug-likeness (QED) is 0.591. The second kappa shape index (κ2) is 9.56. The summed E-state index contributed by atoms with van der Waals surface area (Å²) in [6.07, 6.45) is -2.22. The number of nitrogens with zero attached hydrogens (tertiary/aromatic N) is 1. The van der Waals surface area contributed by atoms with Crippen LogP contribution in [-0.2, 0) is 20.7 Å². The molecule has 1 atom stereocenters. The van der Waals surface area contributed by atoms with Gasteiger partial charge in [-0.3, -0.25) is 0 Å². The van der Waals surface area contributed by atoms with Gasteiger partial charge in [0.25, 0.3) is 0 Å². The van der Waals surface area contributed by atoms with E-state index in [1.807, 2.05) is 48.5 Å². The lowest BCUT2D eigenvalue weighted by molar-refractivity contribution is -0.142. The van der Waals surface area contributed by atoms with Gasteiger partial charge in [-0.05, 0) is 27.8 Å². The summed E-state index contributed by atoms with van der Waals surface area (Å²) < 4.78 is 10.2. The highest BCUT2D eigenvalue weighted by Crippen LogP contribution is 2.44. The fourth-order valence-electron chi connectivity index (χ4n) is 4.22. The monoisotopic (exact) mass is 445 g/mol. The standard InChI is InChI=1S/C26H23NO6/c1-32-25(30)27(23(24(28)29)15-17-9-3-2-4-10-17)26(31)33-16-22-20-13-7-5-11-18(20)19-12-6-8-14-21(19)22/h2-14,22-23H,15-16H2,1H3,(H,28,29). The van der Waals surface area contributed by atoms with Crippen LogP contribution in [0.3, 0.4) is 0 Å². The molecule has 3 aromatic rings. The summed E-state index contributed by atoms with van der Waals surface area (Å²) in [5.74, 6) is -1.56. The number of rotatable bonds is 6. The minimum atomic E-state index is -1.48. The van der Waals surface area contributed by atoms with Crippen molar-refractivity contribution in [3.05, 3.63) is 95.6 Å². The van der Waals surface area contributed by atoms with Gasteiger partial charge in [0.15, 0.2) is 0 Å². The molecule has 3 aromatic carbocycles. The van der Waals surface area contributed by atoms with E-state index in [4.69, 9.17) is 9.47 Å². The molecule has 7 heteroatoms. The van der Waals surface area contributed by atoms with Gasteiger partial charge in [0.05, 0.1) is 7.11 Å². The lowest BCUT2D eigenvalue weighted by Gasteiger charge is -2.26. The highest BCUT2D eigenvalue weighted by atomic mass is 16.6. The van der Waals surface area contributed by atoms with Crippen molar-refractivity contribution in [1.82, 2.24) is 4.90 Å². The fourth-order valence-corrected chi connectivity index (χ4v) is 4.22. The first-order chi connectivity index (χ1) is 16.0. The van der Waals surface area contributed by atoms with Crippen LogP contribution in [0.1, 0.15) is 22.6 Å². The number of aliphatic carboxylic acids is 1. The molecule has 0 bridgehead atoms. The van der Waals surface area contributed by atoms with Gasteiger partial charge in [-0.15, -0.1) is 0 Å². The molecule has 0 spiro atoms. The first-order valence-corrected chi connectivity index (χ1v) is 10.5. The number of fused-ring (bicyclic) bond motifs is 3. The molecule has 0 saturated carbocycles. The van der Waals surface area contributed by atoms with Crippen molar-refractivity contribution in [2.45, 2.75) is 18.4 Å². The highest BCUT2D eigenvalue weighted by Gasteiger charge is 2.38. The molecule has 0 aliphatic heterocycles. The molecule has 0 fully saturated rings. The summed E-state index contributed by atoms with van der Waals surface area (Å²) in [4.78, 5) is 38.0. The van der Waals surface area contributed by atoms with E-state index in [9.17, 15) is 19.5 Å². The van der Waals surface area contributed by atoms with Crippen molar-refractivity contribution in [2.75, 3.05) is 13.7 Å². The van der Waals surface area contributed by atoms with Crippen LogP contribution in [0.25, 0.3) is 11.1 Å². The van der Waals surface area contributed by atoms with Crippen LogP contribution in [0, 0.1) is 0 Å². The number of carbonyl (C=O) groups is 3.